The smallest absolute Gasteiger partial charge is 0.195 e. The lowest BCUT2D eigenvalue weighted by molar-refractivity contribution is 0.0979. The van der Waals surface area contributed by atoms with Crippen LogP contribution in [0.5, 0.6) is 0 Å². The molecule has 118 valence electrons. The molecule has 1 fully saturated rings. The molecular weight excluding hydrogens is 298 g/mol. The van der Waals surface area contributed by atoms with Gasteiger partial charge in [-0.2, -0.15) is 0 Å². The average Bonchev–Trinajstić information content (AvgIpc) is 3.13. The zero-order valence-corrected chi connectivity index (χ0v) is 13.3. The van der Waals surface area contributed by atoms with Crippen LogP contribution in [0.25, 0.3) is 0 Å². The molecule has 2 aromatic carbocycles. The summed E-state index contributed by atoms with van der Waals surface area (Å²) in [4.78, 5) is 27.9. The fourth-order valence-corrected chi connectivity index (χ4v) is 3.44. The van der Waals surface area contributed by atoms with Gasteiger partial charge in [-0.1, -0.05) is 48.2 Å². The van der Waals surface area contributed by atoms with Crippen LogP contribution in [0, 0.1) is 11.8 Å². The minimum Gasteiger partial charge on any atom is -0.292 e. The lowest BCUT2D eigenvalue weighted by atomic mass is 9.82. The van der Waals surface area contributed by atoms with Crippen molar-refractivity contribution >= 4 is 11.6 Å². The number of benzene rings is 2. The molecule has 0 N–H and O–H groups in total. The third-order valence-corrected chi connectivity index (χ3v) is 4.68. The van der Waals surface area contributed by atoms with E-state index in [0.717, 1.165) is 13.1 Å². The molecular formula is C21H17NO2. The van der Waals surface area contributed by atoms with Crippen molar-refractivity contribution in [2.45, 2.75) is 12.8 Å². The van der Waals surface area contributed by atoms with Crippen molar-refractivity contribution in [2.24, 2.45) is 0 Å². The topological polar surface area (TPSA) is 37.4 Å². The fraction of sp³-hybridized carbons (Fsp3) is 0.238. The molecule has 1 heterocycles. The molecule has 0 atom stereocenters. The van der Waals surface area contributed by atoms with Gasteiger partial charge in [-0.15, -0.1) is 0 Å². The molecule has 3 heteroatoms. The quantitative estimate of drug-likeness (QED) is 0.648. The van der Waals surface area contributed by atoms with Crippen molar-refractivity contribution in [1.29, 1.82) is 0 Å². The van der Waals surface area contributed by atoms with Gasteiger partial charge in [0.05, 0.1) is 6.54 Å². The summed E-state index contributed by atoms with van der Waals surface area (Å²) in [6.07, 6.45) is 2.46. The molecule has 0 spiro atoms. The van der Waals surface area contributed by atoms with Crippen molar-refractivity contribution in [1.82, 2.24) is 4.90 Å². The SMILES string of the molecule is O=C1c2ccccc2C(=O)c2c(C#CCN3CCCC3)cccc21. The Balaban J connectivity index is 1.73. The molecule has 1 aliphatic heterocycles. The van der Waals surface area contributed by atoms with Crippen LogP contribution in [-0.4, -0.2) is 36.1 Å². The number of hydrogen-bond acceptors (Lipinski definition) is 3. The molecule has 2 aliphatic rings. The first-order valence-electron chi connectivity index (χ1n) is 8.28. The van der Waals surface area contributed by atoms with Crippen LogP contribution >= 0.6 is 0 Å². The summed E-state index contributed by atoms with van der Waals surface area (Å²) in [5.74, 6) is 6.08. The van der Waals surface area contributed by atoms with Gasteiger partial charge in [-0.25, -0.2) is 0 Å². The Morgan fingerprint density at radius 2 is 1.50 bits per heavy atom. The predicted octanol–water partition coefficient (Wildman–Crippen LogP) is 2.91. The van der Waals surface area contributed by atoms with Crippen LogP contribution in [0.2, 0.25) is 0 Å². The van der Waals surface area contributed by atoms with Crippen molar-refractivity contribution in [3.05, 3.63) is 70.3 Å². The van der Waals surface area contributed by atoms with E-state index in [0.29, 0.717) is 34.4 Å². The summed E-state index contributed by atoms with van der Waals surface area (Å²) >= 11 is 0. The summed E-state index contributed by atoms with van der Waals surface area (Å²) in [5, 5.41) is 0. The molecule has 24 heavy (non-hydrogen) atoms. The largest absolute Gasteiger partial charge is 0.292 e. The number of carbonyl (C=O) groups excluding carboxylic acids is 2. The second-order valence-corrected chi connectivity index (χ2v) is 6.22. The normalized spacial score (nSPS) is 16.3. The number of fused-ring (bicyclic) bond motifs is 2. The maximum atomic E-state index is 12.9. The summed E-state index contributed by atoms with van der Waals surface area (Å²) in [6.45, 7) is 2.89. The predicted molar refractivity (Wildman–Crippen MR) is 92.3 cm³/mol. The lowest BCUT2D eigenvalue weighted by Gasteiger charge is -2.18. The van der Waals surface area contributed by atoms with Gasteiger partial charge in [-0.3, -0.25) is 14.5 Å². The highest BCUT2D eigenvalue weighted by molar-refractivity contribution is 6.29. The van der Waals surface area contributed by atoms with E-state index in [2.05, 4.69) is 16.7 Å². The first-order chi connectivity index (χ1) is 11.8. The van der Waals surface area contributed by atoms with E-state index in [1.54, 1.807) is 36.4 Å². The molecule has 0 aromatic heterocycles. The minimum absolute atomic E-state index is 0.0941. The van der Waals surface area contributed by atoms with Gasteiger partial charge in [0.25, 0.3) is 0 Å². The van der Waals surface area contributed by atoms with Crippen molar-refractivity contribution < 1.29 is 9.59 Å². The highest BCUT2D eigenvalue weighted by atomic mass is 16.1. The standard InChI is InChI=1S/C21H17NO2/c23-20-16-9-1-2-10-17(16)21(24)19-15(7-5-11-18(19)20)8-6-14-22-12-3-4-13-22/h1-2,5,7,9-11H,3-4,12-14H2. The Kier molecular flexibility index (Phi) is 3.76. The monoisotopic (exact) mass is 315 g/mol. The summed E-state index contributed by atoms with van der Waals surface area (Å²) in [5.41, 5.74) is 2.53. The van der Waals surface area contributed by atoms with E-state index < -0.39 is 0 Å². The molecule has 0 radical (unpaired) electrons. The average molecular weight is 315 g/mol. The van der Waals surface area contributed by atoms with Crippen LogP contribution in [-0.2, 0) is 0 Å². The maximum Gasteiger partial charge on any atom is 0.195 e. The third kappa shape index (κ3) is 2.46. The molecule has 0 saturated carbocycles. The molecule has 4 rings (SSSR count). The second kappa shape index (κ2) is 6.07. The molecule has 2 aromatic rings. The molecule has 3 nitrogen and oxygen atoms in total. The maximum absolute atomic E-state index is 12.9. The van der Waals surface area contributed by atoms with Gasteiger partial charge in [0.15, 0.2) is 11.6 Å². The Hall–Kier alpha value is -2.70. The van der Waals surface area contributed by atoms with Gasteiger partial charge in [0.2, 0.25) is 0 Å². The number of carbonyl (C=O) groups is 2. The van der Waals surface area contributed by atoms with Gasteiger partial charge in [-0.05, 0) is 32.0 Å². The van der Waals surface area contributed by atoms with Crippen molar-refractivity contribution in [2.75, 3.05) is 19.6 Å². The zero-order valence-electron chi connectivity index (χ0n) is 13.3. The van der Waals surface area contributed by atoms with Crippen LogP contribution in [0.1, 0.15) is 50.2 Å². The molecule has 1 aliphatic carbocycles. The lowest BCUT2D eigenvalue weighted by Crippen LogP contribution is -2.22. The summed E-state index contributed by atoms with van der Waals surface area (Å²) in [6, 6.07) is 12.4. The first-order valence-corrected chi connectivity index (χ1v) is 8.28. The fourth-order valence-electron chi connectivity index (χ4n) is 3.44. The highest BCUT2D eigenvalue weighted by Gasteiger charge is 2.30. The number of likely N-dealkylation sites (tertiary alicyclic amines) is 1. The Morgan fingerprint density at radius 1 is 0.833 bits per heavy atom. The first kappa shape index (κ1) is 14.9. The second-order valence-electron chi connectivity index (χ2n) is 6.22. The highest BCUT2D eigenvalue weighted by Crippen LogP contribution is 2.29. The summed E-state index contributed by atoms with van der Waals surface area (Å²) in [7, 11) is 0. The number of ketones is 2. The van der Waals surface area contributed by atoms with Crippen LogP contribution < -0.4 is 0 Å². The van der Waals surface area contributed by atoms with Gasteiger partial charge in [0.1, 0.15) is 0 Å². The van der Waals surface area contributed by atoms with Crippen molar-refractivity contribution in [3.63, 3.8) is 0 Å². The minimum atomic E-state index is -0.105. The third-order valence-electron chi connectivity index (χ3n) is 4.68. The zero-order chi connectivity index (χ0) is 16.5. The molecule has 0 amide bonds. The summed E-state index contributed by atoms with van der Waals surface area (Å²) < 4.78 is 0. The van der Waals surface area contributed by atoms with Crippen molar-refractivity contribution in [3.8, 4) is 11.8 Å². The van der Waals surface area contributed by atoms with Gasteiger partial charge >= 0.3 is 0 Å². The van der Waals surface area contributed by atoms with E-state index in [1.807, 2.05) is 6.07 Å². The van der Waals surface area contributed by atoms with E-state index >= 15 is 0 Å². The van der Waals surface area contributed by atoms with Crippen LogP contribution in [0.3, 0.4) is 0 Å². The molecule has 1 saturated heterocycles. The van der Waals surface area contributed by atoms with Gasteiger partial charge < -0.3 is 0 Å². The van der Waals surface area contributed by atoms with E-state index in [1.165, 1.54) is 12.8 Å². The number of rotatable bonds is 1. The van der Waals surface area contributed by atoms with E-state index in [4.69, 9.17) is 0 Å². The van der Waals surface area contributed by atoms with E-state index in [9.17, 15) is 9.59 Å². The Bertz CT molecular complexity index is 896. The molecule has 0 bridgehead atoms. The Morgan fingerprint density at radius 3 is 2.25 bits per heavy atom. The van der Waals surface area contributed by atoms with E-state index in [-0.39, 0.29) is 11.6 Å². The number of hydrogen-bond donors (Lipinski definition) is 0. The Labute approximate surface area is 141 Å². The van der Waals surface area contributed by atoms with Crippen LogP contribution in [0.15, 0.2) is 42.5 Å². The number of nitrogens with zero attached hydrogens (tertiary/aromatic N) is 1. The van der Waals surface area contributed by atoms with Crippen LogP contribution in [0.4, 0.5) is 0 Å². The van der Waals surface area contributed by atoms with Gasteiger partial charge in [0, 0.05) is 27.8 Å². The molecule has 0 unspecified atom stereocenters.